The van der Waals surface area contributed by atoms with Crippen molar-refractivity contribution in [3.63, 3.8) is 0 Å². The summed E-state index contributed by atoms with van der Waals surface area (Å²) in [6.07, 6.45) is 2.69. The molecule has 0 fully saturated rings. The Bertz CT molecular complexity index is 733. The first-order chi connectivity index (χ1) is 9.83. The monoisotopic (exact) mass is 267 g/mol. The molecular formula is C16H17N3O. The molecule has 4 heteroatoms. The molecule has 0 aliphatic heterocycles. The zero-order valence-electron chi connectivity index (χ0n) is 11.7. The van der Waals surface area contributed by atoms with Crippen molar-refractivity contribution in [3.8, 4) is 5.75 Å². The number of para-hydroxylation sites is 1. The molecule has 3 rings (SSSR count). The molecule has 0 saturated carbocycles. The highest BCUT2D eigenvalue weighted by atomic mass is 16.5. The number of ether oxygens (including phenoxy) is 1. The van der Waals surface area contributed by atoms with Gasteiger partial charge < -0.3 is 9.30 Å². The number of hydrogen-bond acceptors (Lipinski definition) is 3. The van der Waals surface area contributed by atoms with Gasteiger partial charge >= 0.3 is 0 Å². The van der Waals surface area contributed by atoms with Crippen molar-refractivity contribution in [2.45, 2.75) is 19.9 Å². The summed E-state index contributed by atoms with van der Waals surface area (Å²) in [6, 6.07) is 12.0. The molecule has 4 nitrogen and oxygen atoms in total. The van der Waals surface area contributed by atoms with Crippen molar-refractivity contribution in [1.29, 1.82) is 0 Å². The Kier molecular flexibility index (Phi) is 3.37. The molecule has 0 spiro atoms. The molecule has 2 heterocycles. The standard InChI is InChI=1S/C16H17N3O/c1-3-15-18-13-8-6-10-17-16(13)19(15)11-12-7-4-5-9-14(12)20-2/h4-10H,3,11H2,1-2H3. The molecule has 0 radical (unpaired) electrons. The summed E-state index contributed by atoms with van der Waals surface area (Å²) >= 11 is 0. The highest BCUT2D eigenvalue weighted by Crippen LogP contribution is 2.22. The maximum atomic E-state index is 5.43. The normalized spacial score (nSPS) is 10.9. The van der Waals surface area contributed by atoms with Gasteiger partial charge in [0.1, 0.15) is 17.1 Å². The molecule has 0 bridgehead atoms. The molecule has 1 aromatic carbocycles. The Labute approximate surface area is 118 Å². The number of fused-ring (bicyclic) bond motifs is 1. The number of nitrogens with zero attached hydrogens (tertiary/aromatic N) is 3. The van der Waals surface area contributed by atoms with Gasteiger partial charge in [-0.05, 0) is 18.2 Å². The first kappa shape index (κ1) is 12.7. The van der Waals surface area contributed by atoms with Gasteiger partial charge in [-0.3, -0.25) is 0 Å². The zero-order valence-corrected chi connectivity index (χ0v) is 11.7. The van der Waals surface area contributed by atoms with Crippen molar-refractivity contribution < 1.29 is 4.74 Å². The second-order valence-electron chi connectivity index (χ2n) is 4.63. The zero-order chi connectivity index (χ0) is 13.9. The molecular weight excluding hydrogens is 250 g/mol. The first-order valence-electron chi connectivity index (χ1n) is 6.75. The van der Waals surface area contributed by atoms with Gasteiger partial charge in [0.2, 0.25) is 0 Å². The van der Waals surface area contributed by atoms with Crippen LogP contribution in [0.5, 0.6) is 5.75 Å². The number of hydrogen-bond donors (Lipinski definition) is 0. The fourth-order valence-corrected chi connectivity index (χ4v) is 2.45. The summed E-state index contributed by atoms with van der Waals surface area (Å²) < 4.78 is 7.59. The SMILES string of the molecule is CCc1nc2cccnc2n1Cc1ccccc1OC. The summed E-state index contributed by atoms with van der Waals surface area (Å²) in [4.78, 5) is 9.10. The van der Waals surface area contributed by atoms with Gasteiger partial charge in [-0.2, -0.15) is 0 Å². The van der Waals surface area contributed by atoms with E-state index in [1.54, 1.807) is 7.11 Å². The maximum absolute atomic E-state index is 5.43. The van der Waals surface area contributed by atoms with Crippen molar-refractivity contribution in [2.24, 2.45) is 0 Å². The van der Waals surface area contributed by atoms with E-state index in [0.29, 0.717) is 0 Å². The summed E-state index contributed by atoms with van der Waals surface area (Å²) in [5, 5.41) is 0. The Morgan fingerprint density at radius 1 is 1.15 bits per heavy atom. The van der Waals surface area contributed by atoms with Gasteiger partial charge in [-0.15, -0.1) is 0 Å². The molecule has 0 aliphatic rings. The molecule has 20 heavy (non-hydrogen) atoms. The van der Waals surface area contributed by atoms with Crippen LogP contribution in [0.15, 0.2) is 42.6 Å². The lowest BCUT2D eigenvalue weighted by Gasteiger charge is -2.11. The predicted octanol–water partition coefficient (Wildman–Crippen LogP) is 3.05. The van der Waals surface area contributed by atoms with Gasteiger partial charge in [-0.25, -0.2) is 9.97 Å². The van der Waals surface area contributed by atoms with Crippen molar-refractivity contribution in [3.05, 3.63) is 54.0 Å². The highest BCUT2D eigenvalue weighted by molar-refractivity contribution is 5.71. The van der Waals surface area contributed by atoms with E-state index in [-0.39, 0.29) is 0 Å². The Balaban J connectivity index is 2.10. The lowest BCUT2D eigenvalue weighted by molar-refractivity contribution is 0.408. The molecule has 2 aromatic heterocycles. The first-order valence-corrected chi connectivity index (χ1v) is 6.75. The molecule has 0 unspecified atom stereocenters. The lowest BCUT2D eigenvalue weighted by atomic mass is 10.2. The highest BCUT2D eigenvalue weighted by Gasteiger charge is 2.12. The Morgan fingerprint density at radius 2 is 2.00 bits per heavy atom. The molecule has 0 atom stereocenters. The Hall–Kier alpha value is -2.36. The maximum Gasteiger partial charge on any atom is 0.160 e. The fraction of sp³-hybridized carbons (Fsp3) is 0.250. The smallest absolute Gasteiger partial charge is 0.160 e. The van der Waals surface area contributed by atoms with E-state index in [9.17, 15) is 0 Å². The fourth-order valence-electron chi connectivity index (χ4n) is 2.45. The van der Waals surface area contributed by atoms with Crippen LogP contribution in [-0.4, -0.2) is 21.6 Å². The average molecular weight is 267 g/mol. The lowest BCUT2D eigenvalue weighted by Crippen LogP contribution is -2.06. The second-order valence-corrected chi connectivity index (χ2v) is 4.63. The Morgan fingerprint density at radius 3 is 2.80 bits per heavy atom. The number of rotatable bonds is 4. The minimum Gasteiger partial charge on any atom is -0.496 e. The van der Waals surface area contributed by atoms with E-state index in [1.165, 1.54) is 0 Å². The van der Waals surface area contributed by atoms with Gasteiger partial charge in [0.25, 0.3) is 0 Å². The van der Waals surface area contributed by atoms with E-state index in [0.717, 1.165) is 41.3 Å². The van der Waals surface area contributed by atoms with Crippen LogP contribution in [0.1, 0.15) is 18.3 Å². The second kappa shape index (κ2) is 5.33. The third kappa shape index (κ3) is 2.13. The van der Waals surface area contributed by atoms with Crippen LogP contribution in [0, 0.1) is 0 Å². The van der Waals surface area contributed by atoms with Crippen molar-refractivity contribution >= 4 is 11.2 Å². The van der Waals surface area contributed by atoms with E-state index in [2.05, 4.69) is 27.5 Å². The van der Waals surface area contributed by atoms with Crippen LogP contribution in [0.4, 0.5) is 0 Å². The van der Waals surface area contributed by atoms with Gasteiger partial charge in [0, 0.05) is 18.2 Å². The van der Waals surface area contributed by atoms with E-state index >= 15 is 0 Å². The summed E-state index contributed by atoms with van der Waals surface area (Å²) in [5.41, 5.74) is 3.00. The third-order valence-electron chi connectivity index (χ3n) is 3.42. The number of benzene rings is 1. The van der Waals surface area contributed by atoms with Crippen LogP contribution >= 0.6 is 0 Å². The number of pyridine rings is 1. The summed E-state index contributed by atoms with van der Waals surface area (Å²) in [5.74, 6) is 1.94. The topological polar surface area (TPSA) is 39.9 Å². The van der Waals surface area contributed by atoms with E-state index in [4.69, 9.17) is 4.74 Å². The summed E-state index contributed by atoms with van der Waals surface area (Å²) in [7, 11) is 1.70. The molecule has 102 valence electrons. The molecule has 0 aliphatic carbocycles. The number of aryl methyl sites for hydroxylation is 1. The minimum absolute atomic E-state index is 0.723. The van der Waals surface area contributed by atoms with Crippen LogP contribution < -0.4 is 4.74 Å². The number of aromatic nitrogens is 3. The quantitative estimate of drug-likeness (QED) is 0.729. The van der Waals surface area contributed by atoms with Crippen LogP contribution in [-0.2, 0) is 13.0 Å². The van der Waals surface area contributed by atoms with Gasteiger partial charge in [0.15, 0.2) is 5.65 Å². The molecule has 0 N–H and O–H groups in total. The minimum atomic E-state index is 0.723. The van der Waals surface area contributed by atoms with E-state index < -0.39 is 0 Å². The number of methoxy groups -OCH3 is 1. The van der Waals surface area contributed by atoms with Crippen LogP contribution in [0.3, 0.4) is 0 Å². The average Bonchev–Trinajstić information content (AvgIpc) is 2.86. The van der Waals surface area contributed by atoms with Gasteiger partial charge in [-0.1, -0.05) is 25.1 Å². The third-order valence-corrected chi connectivity index (χ3v) is 3.42. The predicted molar refractivity (Wildman–Crippen MR) is 79.0 cm³/mol. The number of imidazole rings is 1. The van der Waals surface area contributed by atoms with Gasteiger partial charge in [0.05, 0.1) is 13.7 Å². The summed E-state index contributed by atoms with van der Waals surface area (Å²) in [6.45, 7) is 2.83. The van der Waals surface area contributed by atoms with Crippen molar-refractivity contribution in [2.75, 3.05) is 7.11 Å². The molecule has 3 aromatic rings. The largest absolute Gasteiger partial charge is 0.496 e. The molecule has 0 amide bonds. The van der Waals surface area contributed by atoms with Crippen LogP contribution in [0.25, 0.3) is 11.2 Å². The van der Waals surface area contributed by atoms with E-state index in [1.807, 2.05) is 36.5 Å². The van der Waals surface area contributed by atoms with Crippen LogP contribution in [0.2, 0.25) is 0 Å². The molecule has 0 saturated heterocycles. The van der Waals surface area contributed by atoms with Crippen molar-refractivity contribution in [1.82, 2.24) is 14.5 Å².